The fourth-order valence-corrected chi connectivity index (χ4v) is 4.58. The maximum Gasteiger partial charge on any atom is 0.272 e. The molecule has 3 aromatic rings. The lowest BCUT2D eigenvalue weighted by Gasteiger charge is -2.24. The van der Waals surface area contributed by atoms with Gasteiger partial charge in [-0.05, 0) is 43.2 Å². The molecule has 0 saturated heterocycles. The molecule has 8 nitrogen and oxygen atoms in total. The molecule has 192 valence electrons. The third-order valence-electron chi connectivity index (χ3n) is 5.73. The Morgan fingerprint density at radius 3 is 2.72 bits per heavy atom. The zero-order valence-corrected chi connectivity index (χ0v) is 20.8. The summed E-state index contributed by atoms with van der Waals surface area (Å²) in [5.41, 5.74) is 3.08. The Bertz CT molecular complexity index is 1440. The lowest BCUT2D eigenvalue weighted by molar-refractivity contribution is 0.0813. The van der Waals surface area contributed by atoms with Crippen LogP contribution in [0.3, 0.4) is 0 Å². The van der Waals surface area contributed by atoms with Crippen LogP contribution in [0.15, 0.2) is 54.5 Å². The number of hydrogen-bond donors (Lipinski definition) is 1. The van der Waals surface area contributed by atoms with Gasteiger partial charge in [-0.1, -0.05) is 13.0 Å². The number of sulfonamides is 1. The Balaban J connectivity index is 1.66. The van der Waals surface area contributed by atoms with Gasteiger partial charge in [-0.15, -0.1) is 0 Å². The lowest BCUT2D eigenvalue weighted by atomic mass is 10.0. The second kappa shape index (κ2) is 10.2. The van der Waals surface area contributed by atoms with Gasteiger partial charge in [0.25, 0.3) is 6.43 Å². The van der Waals surface area contributed by atoms with Crippen molar-refractivity contribution < 1.29 is 26.3 Å². The number of anilines is 1. The molecule has 0 saturated carbocycles. The molecule has 4 rings (SSSR count). The number of fused-ring (bicyclic) bond motifs is 1. The van der Waals surface area contributed by atoms with E-state index in [-0.39, 0.29) is 5.75 Å². The van der Waals surface area contributed by atoms with Gasteiger partial charge < -0.3 is 10.1 Å². The van der Waals surface area contributed by atoms with Crippen LogP contribution in [0.5, 0.6) is 5.75 Å². The first kappa shape index (κ1) is 25.5. The summed E-state index contributed by atoms with van der Waals surface area (Å²) in [5.74, 6) is 0.0490. The fourth-order valence-electron chi connectivity index (χ4n) is 3.87. The van der Waals surface area contributed by atoms with Crippen molar-refractivity contribution in [1.29, 1.82) is 0 Å². The summed E-state index contributed by atoms with van der Waals surface area (Å²) < 4.78 is 71.6. The van der Waals surface area contributed by atoms with Crippen molar-refractivity contribution in [2.45, 2.75) is 32.7 Å². The van der Waals surface area contributed by atoms with Crippen LogP contribution in [0.2, 0.25) is 0 Å². The van der Waals surface area contributed by atoms with Crippen LogP contribution >= 0.6 is 0 Å². The van der Waals surface area contributed by atoms with Gasteiger partial charge in [-0.25, -0.2) is 31.1 Å². The summed E-state index contributed by atoms with van der Waals surface area (Å²) in [6.07, 6.45) is 5.97. The topological polar surface area (TPSA) is 88.8 Å². The second-order valence-corrected chi connectivity index (χ2v) is 10.4. The van der Waals surface area contributed by atoms with Crippen molar-refractivity contribution in [2.75, 3.05) is 24.7 Å². The number of benzene rings is 1. The Labute approximate surface area is 207 Å². The largest absolute Gasteiger partial charge is 0.487 e. The minimum Gasteiger partial charge on any atom is -0.487 e. The van der Waals surface area contributed by atoms with Gasteiger partial charge in [-0.2, -0.15) is 5.10 Å². The van der Waals surface area contributed by atoms with Crippen molar-refractivity contribution in [3.8, 4) is 5.75 Å². The molecule has 12 heteroatoms. The molecule has 1 N–H and O–H groups in total. The number of nitrogens with one attached hydrogen (secondary N) is 1. The molecule has 0 amide bonds. The van der Waals surface area contributed by atoms with Crippen LogP contribution in [0.25, 0.3) is 11.2 Å². The van der Waals surface area contributed by atoms with Gasteiger partial charge in [0.15, 0.2) is 5.65 Å². The van der Waals surface area contributed by atoms with E-state index in [0.717, 1.165) is 17.9 Å². The smallest absolute Gasteiger partial charge is 0.272 e. The van der Waals surface area contributed by atoms with Gasteiger partial charge in [0.1, 0.15) is 24.0 Å². The molecule has 0 fully saturated rings. The molecule has 1 aromatic carbocycles. The summed E-state index contributed by atoms with van der Waals surface area (Å²) in [7, 11) is -3.45. The monoisotopic (exact) mass is 521 g/mol. The number of alkyl halides is 2. The van der Waals surface area contributed by atoms with E-state index in [2.05, 4.69) is 15.4 Å². The first-order chi connectivity index (χ1) is 17.0. The van der Waals surface area contributed by atoms with Crippen LogP contribution in [0, 0.1) is 5.82 Å². The number of ether oxygens (including phenoxy) is 1. The maximum absolute atomic E-state index is 13.9. The number of hydrogen-bond acceptors (Lipinski definition) is 6. The zero-order chi connectivity index (χ0) is 26.0. The maximum atomic E-state index is 13.9. The van der Waals surface area contributed by atoms with Gasteiger partial charge in [-0.3, -0.25) is 4.31 Å². The molecule has 0 aliphatic carbocycles. The average Bonchev–Trinajstić information content (AvgIpc) is 3.25. The van der Waals surface area contributed by atoms with E-state index in [1.165, 1.54) is 16.4 Å². The third-order valence-corrected chi connectivity index (χ3v) is 6.82. The number of halogens is 3. The molecule has 2 aromatic heterocycles. The van der Waals surface area contributed by atoms with Gasteiger partial charge in [0, 0.05) is 29.1 Å². The molecule has 1 aliphatic heterocycles. The van der Waals surface area contributed by atoms with Gasteiger partial charge in [0.2, 0.25) is 10.0 Å². The Kier molecular flexibility index (Phi) is 7.25. The van der Waals surface area contributed by atoms with Crippen molar-refractivity contribution in [1.82, 2.24) is 18.9 Å². The summed E-state index contributed by atoms with van der Waals surface area (Å²) in [4.78, 5) is 4.64. The average molecular weight is 522 g/mol. The highest BCUT2D eigenvalue weighted by atomic mass is 32.2. The van der Waals surface area contributed by atoms with Gasteiger partial charge in [0.05, 0.1) is 25.0 Å². The van der Waals surface area contributed by atoms with Crippen LogP contribution in [0.1, 0.15) is 37.4 Å². The molecule has 1 unspecified atom stereocenters. The van der Waals surface area contributed by atoms with Crippen LogP contribution in [0.4, 0.5) is 19.0 Å². The molecular formula is C24H26F3N5O3S. The number of allylic oxidation sites excluding steroid dienone is 2. The normalized spacial score (nSPS) is 15.1. The van der Waals surface area contributed by atoms with Crippen LogP contribution < -0.4 is 10.1 Å². The Morgan fingerprint density at radius 1 is 1.25 bits per heavy atom. The summed E-state index contributed by atoms with van der Waals surface area (Å²) in [6, 6.07) is 4.83. The summed E-state index contributed by atoms with van der Waals surface area (Å²) in [6.45, 7) is 3.18. The highest BCUT2D eigenvalue weighted by Crippen LogP contribution is 2.31. The highest BCUT2D eigenvalue weighted by molar-refractivity contribution is 7.88. The first-order valence-electron chi connectivity index (χ1n) is 11.2. The van der Waals surface area contributed by atoms with E-state index in [0.29, 0.717) is 41.1 Å². The van der Waals surface area contributed by atoms with E-state index >= 15 is 0 Å². The molecule has 1 atom stereocenters. The molecule has 1 aliphatic rings. The highest BCUT2D eigenvalue weighted by Gasteiger charge is 2.22. The Morgan fingerprint density at radius 2 is 2.03 bits per heavy atom. The predicted octanol–water partition coefficient (Wildman–Crippen LogP) is 4.64. The molecule has 0 bridgehead atoms. The molecular weight excluding hydrogens is 495 g/mol. The van der Waals surface area contributed by atoms with Crippen molar-refractivity contribution in [2.24, 2.45) is 0 Å². The minimum absolute atomic E-state index is 0.147. The van der Waals surface area contributed by atoms with Crippen molar-refractivity contribution >= 4 is 27.1 Å². The van der Waals surface area contributed by atoms with E-state index in [1.807, 2.05) is 13.0 Å². The third kappa shape index (κ3) is 5.64. The SMILES string of the molecule is CCC1=CC(c2cnn3ccc(NC(C)c4cc(F)ccc4OCC(F)F)nc23)=CN(S(C)(=O)=O)C1. The number of rotatable bonds is 9. The minimum atomic E-state index is -3.45. The van der Waals surface area contributed by atoms with Crippen LogP contribution in [-0.2, 0) is 10.0 Å². The Hall–Kier alpha value is -3.54. The van der Waals surface area contributed by atoms with Crippen LogP contribution in [-0.4, -0.2) is 53.2 Å². The first-order valence-corrected chi connectivity index (χ1v) is 13.1. The zero-order valence-electron chi connectivity index (χ0n) is 20.0. The standard InChI is InChI=1S/C24H26F3N5O3S/c1-4-16-9-17(13-31(12-16)36(3,33)34)20-11-28-32-8-7-23(30-24(20)32)29-15(2)19-10-18(25)5-6-21(19)35-14-22(26)27/h5-11,13,15,22H,4,12,14H2,1-3H3,(H,29,30). The summed E-state index contributed by atoms with van der Waals surface area (Å²) >= 11 is 0. The number of aromatic nitrogens is 3. The number of nitrogens with zero attached hydrogens (tertiary/aromatic N) is 4. The van der Waals surface area contributed by atoms with E-state index in [4.69, 9.17) is 4.74 Å². The van der Waals surface area contributed by atoms with Crippen molar-refractivity contribution in [3.63, 3.8) is 0 Å². The lowest BCUT2D eigenvalue weighted by Crippen LogP contribution is -2.29. The van der Waals surface area contributed by atoms with E-state index < -0.39 is 34.9 Å². The van der Waals surface area contributed by atoms with E-state index in [9.17, 15) is 21.6 Å². The molecule has 3 heterocycles. The van der Waals surface area contributed by atoms with Gasteiger partial charge >= 0.3 is 0 Å². The van der Waals surface area contributed by atoms with E-state index in [1.54, 1.807) is 36.1 Å². The molecule has 0 spiro atoms. The summed E-state index contributed by atoms with van der Waals surface area (Å²) in [5, 5.41) is 7.48. The molecule has 0 radical (unpaired) electrons. The quantitative estimate of drug-likeness (QED) is 0.442. The predicted molar refractivity (Wildman–Crippen MR) is 131 cm³/mol. The molecule has 36 heavy (non-hydrogen) atoms. The fraction of sp³-hybridized carbons (Fsp3) is 0.333. The second-order valence-electron chi connectivity index (χ2n) is 8.44. The van der Waals surface area contributed by atoms with Crippen molar-refractivity contribution in [3.05, 3.63) is 71.5 Å².